The fraction of sp³-hybridized carbons (Fsp3) is 0.429. The van der Waals surface area contributed by atoms with Crippen molar-refractivity contribution in [2.24, 2.45) is 0 Å². The number of rotatable bonds is 3. The van der Waals surface area contributed by atoms with Crippen LogP contribution in [0.3, 0.4) is 0 Å². The summed E-state index contributed by atoms with van der Waals surface area (Å²) in [6, 6.07) is 9.06. The van der Waals surface area contributed by atoms with Gasteiger partial charge in [0.15, 0.2) is 0 Å². The van der Waals surface area contributed by atoms with Crippen molar-refractivity contribution in [3.05, 3.63) is 64.8 Å². The first kappa shape index (κ1) is 20.4. The Labute approximate surface area is 176 Å². The topological polar surface area (TPSA) is 0 Å². The van der Waals surface area contributed by atoms with E-state index in [2.05, 4.69) is 62.4 Å². The van der Waals surface area contributed by atoms with Crippen LogP contribution in [0.2, 0.25) is 3.72 Å². The van der Waals surface area contributed by atoms with Crippen LogP contribution in [0.25, 0.3) is 6.08 Å². The Kier molecular flexibility index (Phi) is 6.62. The average Bonchev–Trinajstić information content (AvgIpc) is 3.08. The molecule has 0 nitrogen and oxygen atoms in total. The Morgan fingerprint density at radius 3 is 2.54 bits per heavy atom. The van der Waals surface area contributed by atoms with Crippen LogP contribution in [-0.4, -0.2) is 0 Å². The Morgan fingerprint density at radius 2 is 1.75 bits per heavy atom. The van der Waals surface area contributed by atoms with Crippen molar-refractivity contribution in [1.29, 1.82) is 0 Å². The Morgan fingerprint density at radius 1 is 1.00 bits per heavy atom. The third kappa shape index (κ3) is 3.25. The van der Waals surface area contributed by atoms with Crippen molar-refractivity contribution < 1.29 is 19.2 Å². The van der Waals surface area contributed by atoms with Gasteiger partial charge in [-0.1, -0.05) is 0 Å². The maximum atomic E-state index is 2.56. The summed E-state index contributed by atoms with van der Waals surface area (Å²) in [4.78, 5) is 0. The quantitative estimate of drug-likeness (QED) is 0.398. The predicted molar refractivity (Wildman–Crippen MR) is 111 cm³/mol. The normalized spacial score (nSPS) is 29.6. The molecule has 0 fully saturated rings. The second-order valence-electron chi connectivity index (χ2n) is 7.12. The molecule has 3 heteroatoms. The van der Waals surface area contributed by atoms with E-state index in [9.17, 15) is 0 Å². The van der Waals surface area contributed by atoms with Gasteiger partial charge in [-0.05, 0) is 0 Å². The SMILES string of the molecule is Br.Br.CC[C]1([Ti][C]2(C)C=CC3=C2CCCC3)C=Cc2ccccc21. The number of benzene rings is 1. The summed E-state index contributed by atoms with van der Waals surface area (Å²) >= 11 is -0.188. The summed E-state index contributed by atoms with van der Waals surface area (Å²) in [6.07, 6.45) is 16.6. The summed E-state index contributed by atoms with van der Waals surface area (Å²) < 4.78 is 0.725. The molecular formula is C21H26Br2Ti. The number of halogens is 2. The number of hydrogen-bond acceptors (Lipinski definition) is 0. The van der Waals surface area contributed by atoms with E-state index < -0.39 is 0 Å². The monoisotopic (exact) mass is 484 g/mol. The van der Waals surface area contributed by atoms with E-state index in [4.69, 9.17) is 0 Å². The van der Waals surface area contributed by atoms with Crippen LogP contribution in [0, 0.1) is 0 Å². The standard InChI is InChI=1S/C11H11.C10H13.2BrH.Ti/c1-2-9-7-8-10-5-3-4-6-11(9)10;1-8-6-7-9-4-2-3-5-10(8)9;;;/h3-8H,2H2,1H3;6-7H,2-5H2,1H3;2*1H;. The molecule has 128 valence electrons. The summed E-state index contributed by atoms with van der Waals surface area (Å²) in [5.41, 5.74) is 6.52. The van der Waals surface area contributed by atoms with Gasteiger partial charge in [0.25, 0.3) is 0 Å². The second kappa shape index (κ2) is 7.78. The Bertz CT molecular complexity index is 704. The van der Waals surface area contributed by atoms with Gasteiger partial charge in [0.2, 0.25) is 0 Å². The third-order valence-electron chi connectivity index (χ3n) is 5.78. The van der Waals surface area contributed by atoms with Gasteiger partial charge in [-0.3, -0.25) is 0 Å². The van der Waals surface area contributed by atoms with Crippen LogP contribution in [0.1, 0.15) is 57.1 Å². The van der Waals surface area contributed by atoms with Gasteiger partial charge in [-0.25, -0.2) is 0 Å². The van der Waals surface area contributed by atoms with E-state index in [0.717, 1.165) is 0 Å². The van der Waals surface area contributed by atoms with Crippen molar-refractivity contribution in [3.63, 3.8) is 0 Å². The summed E-state index contributed by atoms with van der Waals surface area (Å²) in [6.45, 7) is 4.91. The molecule has 0 radical (unpaired) electrons. The number of allylic oxidation sites excluding steroid dienone is 5. The van der Waals surface area contributed by atoms with E-state index in [1.54, 1.807) is 16.7 Å². The van der Waals surface area contributed by atoms with Gasteiger partial charge in [-0.15, -0.1) is 34.0 Å². The van der Waals surface area contributed by atoms with Crippen LogP contribution >= 0.6 is 34.0 Å². The first-order valence-corrected chi connectivity index (χ1v) is 10.2. The molecule has 2 unspecified atom stereocenters. The van der Waals surface area contributed by atoms with Gasteiger partial charge in [0, 0.05) is 0 Å². The minimum absolute atomic E-state index is 0. The summed E-state index contributed by atoms with van der Waals surface area (Å²) in [7, 11) is 0. The predicted octanol–water partition coefficient (Wildman–Crippen LogP) is 7.18. The molecule has 3 aliphatic carbocycles. The van der Waals surface area contributed by atoms with E-state index in [1.807, 2.05) is 0 Å². The minimum atomic E-state index is -0.188. The Hall–Kier alpha value is 0.114. The summed E-state index contributed by atoms with van der Waals surface area (Å²) in [5, 5.41) is 0. The van der Waals surface area contributed by atoms with E-state index >= 15 is 0 Å². The first-order valence-electron chi connectivity index (χ1n) is 8.67. The van der Waals surface area contributed by atoms with Gasteiger partial charge in [0.05, 0.1) is 0 Å². The molecule has 2 atom stereocenters. The summed E-state index contributed by atoms with van der Waals surface area (Å²) in [5.74, 6) is 0. The molecule has 0 aliphatic heterocycles. The first-order chi connectivity index (χ1) is 10.7. The number of hydrogen-bond donors (Lipinski definition) is 0. The molecule has 0 amide bonds. The molecule has 0 saturated carbocycles. The van der Waals surface area contributed by atoms with Crippen molar-refractivity contribution in [1.82, 2.24) is 0 Å². The fourth-order valence-electron chi connectivity index (χ4n) is 4.53. The third-order valence-corrected chi connectivity index (χ3v) is 9.26. The van der Waals surface area contributed by atoms with Crippen LogP contribution < -0.4 is 0 Å². The van der Waals surface area contributed by atoms with Crippen molar-refractivity contribution >= 4 is 40.0 Å². The number of fused-ring (bicyclic) bond motifs is 1. The van der Waals surface area contributed by atoms with Crippen molar-refractivity contribution in [2.45, 2.75) is 53.4 Å². The molecule has 0 aromatic heterocycles. The molecule has 0 bridgehead atoms. The van der Waals surface area contributed by atoms with Crippen LogP contribution in [0.15, 0.2) is 53.6 Å². The molecule has 4 rings (SSSR count). The van der Waals surface area contributed by atoms with Gasteiger partial charge < -0.3 is 0 Å². The van der Waals surface area contributed by atoms with Crippen LogP contribution in [0.5, 0.6) is 0 Å². The fourth-order valence-corrected chi connectivity index (χ4v) is 8.02. The molecule has 24 heavy (non-hydrogen) atoms. The molecule has 0 spiro atoms. The molecule has 0 N–H and O–H groups in total. The van der Waals surface area contributed by atoms with Gasteiger partial charge in [-0.2, -0.15) is 0 Å². The zero-order chi connectivity index (χ0) is 15.2. The van der Waals surface area contributed by atoms with Gasteiger partial charge >= 0.3 is 143 Å². The van der Waals surface area contributed by atoms with Gasteiger partial charge in [0.1, 0.15) is 0 Å². The second-order valence-corrected chi connectivity index (χ2v) is 10.5. The Balaban J connectivity index is 0.00000104. The average molecular weight is 486 g/mol. The van der Waals surface area contributed by atoms with Crippen molar-refractivity contribution in [2.75, 3.05) is 0 Å². The van der Waals surface area contributed by atoms with Crippen LogP contribution in [0.4, 0.5) is 0 Å². The zero-order valence-corrected chi connectivity index (χ0v) is 19.5. The van der Waals surface area contributed by atoms with E-state index in [-0.39, 0.29) is 53.1 Å². The molecule has 0 saturated heterocycles. The van der Waals surface area contributed by atoms with E-state index in [1.165, 1.54) is 37.7 Å². The molecule has 1 aromatic carbocycles. The molecule has 3 aliphatic rings. The van der Waals surface area contributed by atoms with E-state index in [0.29, 0.717) is 7.44 Å². The zero-order valence-electron chi connectivity index (χ0n) is 14.5. The molecule has 0 heterocycles. The maximum absolute atomic E-state index is 2.56. The van der Waals surface area contributed by atoms with Crippen LogP contribution in [-0.2, 0) is 22.9 Å². The molecule has 1 aromatic rings. The van der Waals surface area contributed by atoms with Crippen molar-refractivity contribution in [3.8, 4) is 0 Å². The molecular weight excluding hydrogens is 460 g/mol.